The molecule has 1 unspecified atom stereocenters. The topological polar surface area (TPSA) is 32.3 Å². The van der Waals surface area contributed by atoms with Crippen LogP contribution in [0.15, 0.2) is 78.2 Å². The van der Waals surface area contributed by atoms with E-state index < -0.39 is 0 Å². The Hall–Kier alpha value is -2.73. The summed E-state index contributed by atoms with van der Waals surface area (Å²) < 4.78 is 15.1. The smallest absolute Gasteiger partial charge is 0.221 e. The molecule has 0 radical (unpaired) electrons. The van der Waals surface area contributed by atoms with Crippen LogP contribution in [-0.2, 0) is 11.3 Å². The highest BCUT2D eigenvalue weighted by atomic mass is 35.5. The van der Waals surface area contributed by atoms with E-state index in [1.165, 1.54) is 27.8 Å². The summed E-state index contributed by atoms with van der Waals surface area (Å²) in [4.78, 5) is 15.5. The van der Waals surface area contributed by atoms with Crippen LogP contribution in [0.2, 0.25) is 5.02 Å². The Morgan fingerprint density at radius 2 is 1.80 bits per heavy atom. The van der Waals surface area contributed by atoms with Crippen LogP contribution in [0.1, 0.15) is 42.0 Å². The Kier molecular flexibility index (Phi) is 7.47. The Balaban J connectivity index is 1.18. The van der Waals surface area contributed by atoms with Gasteiger partial charge in [-0.3, -0.25) is 9.69 Å². The molecular formula is C29H28ClFN2OS. The lowest BCUT2D eigenvalue weighted by Crippen LogP contribution is -2.36. The van der Waals surface area contributed by atoms with Gasteiger partial charge in [0.1, 0.15) is 5.82 Å². The number of benzene rings is 3. The lowest BCUT2D eigenvalue weighted by atomic mass is 9.92. The van der Waals surface area contributed by atoms with Crippen molar-refractivity contribution in [1.29, 1.82) is 0 Å². The van der Waals surface area contributed by atoms with Crippen molar-refractivity contribution in [2.45, 2.75) is 31.8 Å². The van der Waals surface area contributed by atoms with Crippen LogP contribution < -0.4 is 5.32 Å². The Labute approximate surface area is 214 Å². The van der Waals surface area contributed by atoms with E-state index in [0.717, 1.165) is 48.6 Å². The molecule has 3 nitrogen and oxygen atoms in total. The minimum atomic E-state index is -0.361. The number of nitrogens with zero attached hydrogens (tertiary/aromatic N) is 1. The fraction of sp³-hybridized carbons (Fsp3) is 0.276. The molecule has 0 bridgehead atoms. The van der Waals surface area contributed by atoms with Gasteiger partial charge >= 0.3 is 0 Å². The number of amides is 1. The first kappa shape index (κ1) is 24.0. The van der Waals surface area contributed by atoms with Gasteiger partial charge in [-0.05, 0) is 83.6 Å². The monoisotopic (exact) mass is 506 g/mol. The fourth-order valence-electron chi connectivity index (χ4n) is 4.94. The summed E-state index contributed by atoms with van der Waals surface area (Å²) in [5.41, 5.74) is 3.05. The summed E-state index contributed by atoms with van der Waals surface area (Å²) in [6.07, 6.45) is 2.49. The van der Waals surface area contributed by atoms with E-state index in [2.05, 4.69) is 21.7 Å². The molecule has 5 rings (SSSR count). The maximum Gasteiger partial charge on any atom is 0.221 e. The Morgan fingerprint density at radius 3 is 2.57 bits per heavy atom. The van der Waals surface area contributed by atoms with Crippen molar-refractivity contribution in [1.82, 2.24) is 10.2 Å². The van der Waals surface area contributed by atoms with Gasteiger partial charge in [-0.15, -0.1) is 11.3 Å². The first-order chi connectivity index (χ1) is 17.0. The minimum Gasteiger partial charge on any atom is -0.345 e. The molecule has 0 saturated carbocycles. The molecule has 1 atom stereocenters. The van der Waals surface area contributed by atoms with Gasteiger partial charge in [-0.2, -0.15) is 0 Å². The fourth-order valence-corrected chi connectivity index (χ4v) is 6.17. The quantitative estimate of drug-likeness (QED) is 0.287. The lowest BCUT2D eigenvalue weighted by Gasteiger charge is -2.32. The van der Waals surface area contributed by atoms with Crippen molar-refractivity contribution in [2.24, 2.45) is 5.92 Å². The molecule has 1 fully saturated rings. The van der Waals surface area contributed by atoms with Crippen molar-refractivity contribution >= 4 is 38.9 Å². The van der Waals surface area contributed by atoms with Crippen molar-refractivity contribution in [3.8, 4) is 0 Å². The molecule has 1 aliphatic heterocycles. The molecule has 1 aromatic heterocycles. The molecule has 1 saturated heterocycles. The standard InChI is InChI=1S/C29H28ClFN2OS/c30-24-9-10-26-23(19-35-27(26)17-24)18-33-13-11-20(12-14-33)15-28(34)32-29(21-5-2-1-3-6-21)22-7-4-8-25(31)16-22/h1-10,16-17,19-20,29H,11-15,18H2,(H,32,34). The largest absolute Gasteiger partial charge is 0.345 e. The van der Waals surface area contributed by atoms with Crippen LogP contribution in [0.4, 0.5) is 4.39 Å². The second kappa shape index (κ2) is 10.9. The first-order valence-corrected chi connectivity index (χ1v) is 13.3. The van der Waals surface area contributed by atoms with Crippen molar-refractivity contribution in [3.05, 3.63) is 106 Å². The molecule has 3 aromatic carbocycles. The van der Waals surface area contributed by atoms with Gasteiger partial charge in [0.25, 0.3) is 0 Å². The van der Waals surface area contributed by atoms with Gasteiger partial charge < -0.3 is 5.32 Å². The number of rotatable bonds is 7. The van der Waals surface area contributed by atoms with E-state index in [0.29, 0.717) is 12.3 Å². The Bertz CT molecular complexity index is 1300. The number of carbonyl (C=O) groups is 1. The summed E-state index contributed by atoms with van der Waals surface area (Å²) in [6, 6.07) is 22.0. The predicted molar refractivity (Wildman–Crippen MR) is 142 cm³/mol. The number of likely N-dealkylation sites (tertiary alicyclic amines) is 1. The van der Waals surface area contributed by atoms with E-state index in [-0.39, 0.29) is 17.8 Å². The highest BCUT2D eigenvalue weighted by Crippen LogP contribution is 2.31. The molecule has 35 heavy (non-hydrogen) atoms. The normalized spacial score (nSPS) is 15.8. The number of nitrogens with one attached hydrogen (secondary N) is 1. The summed E-state index contributed by atoms with van der Waals surface area (Å²) in [5.74, 6) is 0.0713. The number of fused-ring (bicyclic) bond motifs is 1. The molecular weight excluding hydrogens is 479 g/mol. The zero-order valence-electron chi connectivity index (χ0n) is 19.4. The van der Waals surface area contributed by atoms with Gasteiger partial charge in [0.2, 0.25) is 5.91 Å². The van der Waals surface area contributed by atoms with E-state index in [9.17, 15) is 9.18 Å². The van der Waals surface area contributed by atoms with Gasteiger partial charge in [0.15, 0.2) is 0 Å². The summed E-state index contributed by atoms with van der Waals surface area (Å²) in [5, 5.41) is 7.46. The molecule has 1 aliphatic rings. The molecule has 180 valence electrons. The van der Waals surface area contributed by atoms with Crippen molar-refractivity contribution in [3.63, 3.8) is 0 Å². The summed E-state index contributed by atoms with van der Waals surface area (Å²) in [6.45, 7) is 2.89. The zero-order valence-corrected chi connectivity index (χ0v) is 21.0. The van der Waals surface area contributed by atoms with Crippen LogP contribution in [0.3, 0.4) is 0 Å². The third kappa shape index (κ3) is 5.92. The third-order valence-electron chi connectivity index (χ3n) is 6.81. The molecule has 6 heteroatoms. The van der Waals surface area contributed by atoms with Crippen molar-refractivity contribution in [2.75, 3.05) is 13.1 Å². The number of halogens is 2. The maximum absolute atomic E-state index is 13.9. The van der Waals surface area contributed by atoms with Crippen LogP contribution in [0.25, 0.3) is 10.1 Å². The minimum absolute atomic E-state index is 0.0160. The van der Waals surface area contributed by atoms with Crippen LogP contribution in [0, 0.1) is 11.7 Å². The van der Waals surface area contributed by atoms with E-state index >= 15 is 0 Å². The molecule has 0 spiro atoms. The molecule has 0 aliphatic carbocycles. The van der Waals surface area contributed by atoms with Gasteiger partial charge in [0.05, 0.1) is 6.04 Å². The van der Waals surface area contributed by atoms with E-state index in [1.54, 1.807) is 17.4 Å². The number of thiophene rings is 1. The third-order valence-corrected chi connectivity index (χ3v) is 8.04. The number of piperidine rings is 1. The molecule has 1 N–H and O–H groups in total. The van der Waals surface area contributed by atoms with Crippen molar-refractivity contribution < 1.29 is 9.18 Å². The number of hydrogen-bond donors (Lipinski definition) is 1. The summed E-state index contributed by atoms with van der Waals surface area (Å²) in [7, 11) is 0. The zero-order chi connectivity index (χ0) is 24.2. The van der Waals surface area contributed by atoms with Gasteiger partial charge in [-0.1, -0.05) is 60.1 Å². The van der Waals surface area contributed by atoms with E-state index in [1.807, 2.05) is 48.5 Å². The maximum atomic E-state index is 13.9. The molecule has 1 amide bonds. The Morgan fingerprint density at radius 1 is 1.03 bits per heavy atom. The average Bonchev–Trinajstić information content (AvgIpc) is 3.26. The second-order valence-corrected chi connectivity index (χ2v) is 10.6. The van der Waals surface area contributed by atoms with Crippen LogP contribution in [-0.4, -0.2) is 23.9 Å². The predicted octanol–water partition coefficient (Wildman–Crippen LogP) is 7.20. The van der Waals surface area contributed by atoms with E-state index in [4.69, 9.17) is 11.6 Å². The number of hydrogen-bond acceptors (Lipinski definition) is 3. The molecule has 2 heterocycles. The summed E-state index contributed by atoms with van der Waals surface area (Å²) >= 11 is 7.87. The van der Waals surface area contributed by atoms with Gasteiger partial charge in [-0.25, -0.2) is 4.39 Å². The van der Waals surface area contributed by atoms with Gasteiger partial charge in [0, 0.05) is 22.7 Å². The first-order valence-electron chi connectivity index (χ1n) is 12.0. The average molecular weight is 507 g/mol. The SMILES string of the molecule is O=C(CC1CCN(Cc2csc3cc(Cl)ccc23)CC1)NC(c1ccccc1)c1cccc(F)c1. The second-order valence-electron chi connectivity index (χ2n) is 9.29. The van der Waals surface area contributed by atoms with Crippen LogP contribution in [0.5, 0.6) is 0 Å². The highest BCUT2D eigenvalue weighted by molar-refractivity contribution is 7.17. The molecule has 4 aromatic rings. The number of carbonyl (C=O) groups excluding carboxylic acids is 1. The lowest BCUT2D eigenvalue weighted by molar-refractivity contribution is -0.122. The highest BCUT2D eigenvalue weighted by Gasteiger charge is 2.24. The van der Waals surface area contributed by atoms with Crippen LogP contribution >= 0.6 is 22.9 Å².